The molecule has 2 heterocycles. The van der Waals surface area contributed by atoms with E-state index >= 15 is 0 Å². The molecule has 0 bridgehead atoms. The van der Waals surface area contributed by atoms with E-state index in [0.717, 1.165) is 5.01 Å². The Morgan fingerprint density at radius 2 is 2.35 bits per heavy atom. The van der Waals surface area contributed by atoms with Gasteiger partial charge in [0.2, 0.25) is 0 Å². The average molecular weight is 254 g/mol. The molecule has 1 aromatic heterocycles. The standard InChI is InChI=1S/C12H18N2O2S/c1-8-5-14(7-12(3,4)16-8)11(15)10-6-17-9(2)13-10/h6,8H,5,7H2,1-4H3/t8-/m0/s1. The van der Waals surface area contributed by atoms with Gasteiger partial charge in [-0.2, -0.15) is 0 Å². The van der Waals surface area contributed by atoms with Crippen molar-refractivity contribution in [2.45, 2.75) is 39.4 Å². The van der Waals surface area contributed by atoms with E-state index in [2.05, 4.69) is 4.98 Å². The Hall–Kier alpha value is -0.940. The Morgan fingerprint density at radius 1 is 1.65 bits per heavy atom. The summed E-state index contributed by atoms with van der Waals surface area (Å²) in [6.07, 6.45) is 0.0717. The fourth-order valence-electron chi connectivity index (χ4n) is 2.23. The van der Waals surface area contributed by atoms with E-state index < -0.39 is 0 Å². The lowest BCUT2D eigenvalue weighted by atomic mass is 10.1. The minimum Gasteiger partial charge on any atom is -0.369 e. The van der Waals surface area contributed by atoms with Crippen molar-refractivity contribution in [2.24, 2.45) is 0 Å². The summed E-state index contributed by atoms with van der Waals surface area (Å²) in [5.41, 5.74) is 0.274. The van der Waals surface area contributed by atoms with Gasteiger partial charge in [0.15, 0.2) is 0 Å². The Bertz CT molecular complexity index is 428. The molecule has 2 rings (SSSR count). The van der Waals surface area contributed by atoms with Crippen LogP contribution in [-0.4, -0.2) is 40.6 Å². The second-order valence-corrected chi connectivity index (χ2v) is 6.19. The highest BCUT2D eigenvalue weighted by Gasteiger charge is 2.34. The smallest absolute Gasteiger partial charge is 0.273 e. The molecule has 1 aromatic rings. The first-order valence-electron chi connectivity index (χ1n) is 5.76. The molecular weight excluding hydrogens is 236 g/mol. The molecule has 5 heteroatoms. The van der Waals surface area contributed by atoms with Crippen LogP contribution >= 0.6 is 11.3 Å². The number of amides is 1. The first-order chi connectivity index (χ1) is 7.87. The number of ether oxygens (including phenoxy) is 1. The van der Waals surface area contributed by atoms with Gasteiger partial charge in [-0.05, 0) is 27.7 Å². The highest BCUT2D eigenvalue weighted by atomic mass is 32.1. The van der Waals surface area contributed by atoms with Crippen LogP contribution in [0.25, 0.3) is 0 Å². The first-order valence-corrected chi connectivity index (χ1v) is 6.64. The van der Waals surface area contributed by atoms with Gasteiger partial charge in [0.25, 0.3) is 5.91 Å². The molecule has 0 radical (unpaired) electrons. The molecule has 0 unspecified atom stereocenters. The summed E-state index contributed by atoms with van der Waals surface area (Å²) in [5, 5.41) is 2.75. The molecule has 1 aliphatic rings. The maximum absolute atomic E-state index is 12.3. The second kappa shape index (κ2) is 4.38. The van der Waals surface area contributed by atoms with Gasteiger partial charge in [-0.3, -0.25) is 4.79 Å². The minimum absolute atomic E-state index is 0.0116. The fourth-order valence-corrected chi connectivity index (χ4v) is 2.82. The molecule has 1 aliphatic heterocycles. The van der Waals surface area contributed by atoms with Crippen molar-refractivity contribution < 1.29 is 9.53 Å². The predicted molar refractivity (Wildman–Crippen MR) is 67.4 cm³/mol. The molecular formula is C12H18N2O2S. The summed E-state index contributed by atoms with van der Waals surface area (Å²) >= 11 is 1.51. The van der Waals surface area contributed by atoms with Gasteiger partial charge in [0, 0.05) is 18.5 Å². The Labute approximate surface area is 106 Å². The van der Waals surface area contributed by atoms with Crippen molar-refractivity contribution in [1.82, 2.24) is 9.88 Å². The lowest BCUT2D eigenvalue weighted by molar-refractivity contribution is -0.118. The summed E-state index contributed by atoms with van der Waals surface area (Å²) in [5.74, 6) is 0.0116. The zero-order valence-electron chi connectivity index (χ0n) is 10.7. The van der Waals surface area contributed by atoms with Crippen LogP contribution in [-0.2, 0) is 4.74 Å². The van der Waals surface area contributed by atoms with Gasteiger partial charge in [-0.15, -0.1) is 11.3 Å². The zero-order valence-corrected chi connectivity index (χ0v) is 11.5. The maximum atomic E-state index is 12.3. The lowest BCUT2D eigenvalue weighted by Crippen LogP contribution is -2.53. The molecule has 0 N–H and O–H groups in total. The molecule has 1 fully saturated rings. The third-order valence-corrected chi connectivity index (χ3v) is 3.47. The molecule has 0 saturated carbocycles. The third kappa shape index (κ3) is 2.84. The summed E-state index contributed by atoms with van der Waals surface area (Å²) in [6.45, 7) is 9.18. The zero-order chi connectivity index (χ0) is 12.6. The summed E-state index contributed by atoms with van der Waals surface area (Å²) in [4.78, 5) is 18.3. The largest absolute Gasteiger partial charge is 0.369 e. The Kier molecular flexibility index (Phi) is 3.23. The van der Waals surface area contributed by atoms with Crippen LogP contribution in [0.15, 0.2) is 5.38 Å². The number of aryl methyl sites for hydroxylation is 1. The maximum Gasteiger partial charge on any atom is 0.273 e. The highest BCUT2D eigenvalue weighted by Crippen LogP contribution is 2.22. The van der Waals surface area contributed by atoms with Crippen molar-refractivity contribution >= 4 is 17.2 Å². The Balaban J connectivity index is 2.14. The molecule has 94 valence electrons. The van der Waals surface area contributed by atoms with E-state index in [-0.39, 0.29) is 17.6 Å². The van der Waals surface area contributed by atoms with E-state index in [4.69, 9.17) is 4.74 Å². The van der Waals surface area contributed by atoms with Crippen LogP contribution in [0.4, 0.5) is 0 Å². The van der Waals surface area contributed by atoms with Gasteiger partial charge >= 0.3 is 0 Å². The lowest BCUT2D eigenvalue weighted by Gasteiger charge is -2.41. The molecule has 17 heavy (non-hydrogen) atoms. The average Bonchev–Trinajstić information content (AvgIpc) is 2.60. The van der Waals surface area contributed by atoms with Crippen molar-refractivity contribution in [3.63, 3.8) is 0 Å². The number of hydrogen-bond acceptors (Lipinski definition) is 4. The summed E-state index contributed by atoms with van der Waals surface area (Å²) in [6, 6.07) is 0. The number of carbonyl (C=O) groups is 1. The summed E-state index contributed by atoms with van der Waals surface area (Å²) < 4.78 is 5.78. The van der Waals surface area contributed by atoms with Gasteiger partial charge in [-0.25, -0.2) is 4.98 Å². The van der Waals surface area contributed by atoms with Crippen LogP contribution in [0, 0.1) is 6.92 Å². The number of nitrogens with zero attached hydrogens (tertiary/aromatic N) is 2. The van der Waals surface area contributed by atoms with E-state index in [0.29, 0.717) is 18.8 Å². The van der Waals surface area contributed by atoms with Gasteiger partial charge < -0.3 is 9.64 Å². The number of hydrogen-bond donors (Lipinski definition) is 0. The molecule has 1 amide bonds. The monoisotopic (exact) mass is 254 g/mol. The molecule has 0 spiro atoms. The second-order valence-electron chi connectivity index (χ2n) is 5.13. The van der Waals surface area contributed by atoms with Crippen molar-refractivity contribution in [3.05, 3.63) is 16.1 Å². The van der Waals surface area contributed by atoms with Gasteiger partial charge in [0.1, 0.15) is 5.69 Å². The number of thiazole rings is 1. The molecule has 0 aliphatic carbocycles. The highest BCUT2D eigenvalue weighted by molar-refractivity contribution is 7.09. The van der Waals surface area contributed by atoms with Crippen LogP contribution in [0.1, 0.15) is 36.3 Å². The minimum atomic E-state index is -0.279. The van der Waals surface area contributed by atoms with Crippen molar-refractivity contribution in [3.8, 4) is 0 Å². The molecule has 1 atom stereocenters. The quantitative estimate of drug-likeness (QED) is 0.770. The molecule has 1 saturated heterocycles. The number of morpholine rings is 1. The molecule has 0 aromatic carbocycles. The first kappa shape index (κ1) is 12.5. The van der Waals surface area contributed by atoms with Crippen molar-refractivity contribution in [2.75, 3.05) is 13.1 Å². The number of aromatic nitrogens is 1. The topological polar surface area (TPSA) is 42.4 Å². The van der Waals surface area contributed by atoms with Crippen LogP contribution in [0.3, 0.4) is 0 Å². The fraction of sp³-hybridized carbons (Fsp3) is 0.667. The Morgan fingerprint density at radius 3 is 2.88 bits per heavy atom. The van der Waals surface area contributed by atoms with E-state index in [1.807, 2.05) is 38.0 Å². The van der Waals surface area contributed by atoms with Crippen LogP contribution in [0.5, 0.6) is 0 Å². The SMILES string of the molecule is Cc1nc(C(=O)N2C[C@H](C)OC(C)(C)C2)cs1. The predicted octanol–water partition coefficient (Wildman–Crippen LogP) is 2.09. The van der Waals surface area contributed by atoms with E-state index in [9.17, 15) is 4.79 Å². The van der Waals surface area contributed by atoms with E-state index in [1.165, 1.54) is 11.3 Å². The normalized spacial score (nSPS) is 23.8. The third-order valence-electron chi connectivity index (χ3n) is 2.69. The van der Waals surface area contributed by atoms with E-state index in [1.54, 1.807) is 0 Å². The van der Waals surface area contributed by atoms with Gasteiger partial charge in [-0.1, -0.05) is 0 Å². The van der Waals surface area contributed by atoms with Crippen molar-refractivity contribution in [1.29, 1.82) is 0 Å². The number of rotatable bonds is 1. The van der Waals surface area contributed by atoms with Gasteiger partial charge in [0.05, 0.1) is 16.7 Å². The number of carbonyl (C=O) groups excluding carboxylic acids is 1. The molecule has 4 nitrogen and oxygen atoms in total. The van der Waals surface area contributed by atoms with Crippen LogP contribution < -0.4 is 0 Å². The summed E-state index contributed by atoms with van der Waals surface area (Å²) in [7, 11) is 0. The van der Waals surface area contributed by atoms with Crippen LogP contribution in [0.2, 0.25) is 0 Å².